The Morgan fingerprint density at radius 3 is 2.83 bits per heavy atom. The maximum Gasteiger partial charge on any atom is 0.257 e. The minimum atomic E-state index is -3.65. The molecule has 29 heavy (non-hydrogen) atoms. The van der Waals surface area contributed by atoms with E-state index in [0.29, 0.717) is 23.0 Å². The van der Waals surface area contributed by atoms with E-state index in [1.807, 2.05) is 6.92 Å². The molecule has 1 N–H and O–H groups in total. The zero-order chi connectivity index (χ0) is 20.6. The highest BCUT2D eigenvalue weighted by atomic mass is 32.2. The number of nitrogens with one attached hydrogen (secondary N) is 1. The molecule has 9 heteroatoms. The summed E-state index contributed by atoms with van der Waals surface area (Å²) >= 11 is 1.18. The van der Waals surface area contributed by atoms with Gasteiger partial charge in [-0.1, -0.05) is 23.8 Å². The largest absolute Gasteiger partial charge is 0.298 e. The molecule has 2 aromatic rings. The molecule has 1 fully saturated rings. The molecule has 1 unspecified atom stereocenters. The van der Waals surface area contributed by atoms with E-state index in [9.17, 15) is 18.0 Å². The van der Waals surface area contributed by atoms with Crippen LogP contribution in [0.3, 0.4) is 0 Å². The summed E-state index contributed by atoms with van der Waals surface area (Å²) < 4.78 is 27.6. The molecule has 2 heterocycles. The molecule has 1 amide bonds. The minimum Gasteiger partial charge on any atom is -0.298 e. The lowest BCUT2D eigenvalue weighted by molar-refractivity contribution is 0.0975. The Kier molecular flexibility index (Phi) is 5.54. The number of hydrogen-bond acceptors (Lipinski definition) is 6. The smallest absolute Gasteiger partial charge is 0.257 e. The number of aromatic nitrogens is 1. The number of amides is 1. The minimum absolute atomic E-state index is 0.0505. The van der Waals surface area contributed by atoms with Gasteiger partial charge >= 0.3 is 0 Å². The van der Waals surface area contributed by atoms with Crippen molar-refractivity contribution in [1.29, 1.82) is 0 Å². The van der Waals surface area contributed by atoms with E-state index in [0.717, 1.165) is 37.8 Å². The van der Waals surface area contributed by atoms with Crippen molar-refractivity contribution in [3.05, 3.63) is 40.4 Å². The number of Topliss-reactive ketones (excluding diaryl/α,β-unsaturated/α-hetero) is 1. The number of sulfonamides is 1. The molecule has 7 nitrogen and oxygen atoms in total. The van der Waals surface area contributed by atoms with E-state index in [1.165, 1.54) is 27.8 Å². The second-order valence-corrected chi connectivity index (χ2v) is 10.4. The van der Waals surface area contributed by atoms with Crippen LogP contribution in [0.1, 0.15) is 64.8 Å². The predicted molar refractivity (Wildman–Crippen MR) is 111 cm³/mol. The van der Waals surface area contributed by atoms with Gasteiger partial charge in [0.1, 0.15) is 0 Å². The van der Waals surface area contributed by atoms with Crippen molar-refractivity contribution in [1.82, 2.24) is 9.29 Å². The summed E-state index contributed by atoms with van der Waals surface area (Å²) in [6.07, 6.45) is 4.73. The number of piperidine rings is 1. The zero-order valence-electron chi connectivity index (χ0n) is 16.2. The van der Waals surface area contributed by atoms with Crippen molar-refractivity contribution in [3.63, 3.8) is 0 Å². The molecule has 0 saturated carbocycles. The fourth-order valence-electron chi connectivity index (χ4n) is 3.85. The van der Waals surface area contributed by atoms with E-state index in [-0.39, 0.29) is 22.3 Å². The van der Waals surface area contributed by atoms with Crippen LogP contribution in [0.5, 0.6) is 0 Å². The summed E-state index contributed by atoms with van der Waals surface area (Å²) in [6, 6.07) is 6.03. The number of thiazole rings is 1. The third-order valence-corrected chi connectivity index (χ3v) is 8.50. The number of aryl methyl sites for hydroxylation is 1. The molecular formula is C20H23N3O4S2. The first-order valence-electron chi connectivity index (χ1n) is 9.82. The Morgan fingerprint density at radius 2 is 2.07 bits per heavy atom. The SMILES string of the molecule is CC1CCCCN1S(=O)(=O)c1cccc(C(=O)Nc2nc3c(s2)C(=O)CCC3)c1. The van der Waals surface area contributed by atoms with Crippen molar-refractivity contribution in [3.8, 4) is 0 Å². The normalized spacial score (nSPS) is 20.3. The molecular weight excluding hydrogens is 410 g/mol. The molecule has 1 aromatic carbocycles. The fraction of sp³-hybridized carbons (Fsp3) is 0.450. The lowest BCUT2D eigenvalue weighted by Gasteiger charge is -2.32. The summed E-state index contributed by atoms with van der Waals surface area (Å²) in [4.78, 5) is 29.8. The molecule has 1 saturated heterocycles. The van der Waals surface area contributed by atoms with Gasteiger partial charge in [-0.15, -0.1) is 0 Å². The molecule has 0 bridgehead atoms. The molecule has 154 valence electrons. The first kappa shape index (κ1) is 20.2. The Balaban J connectivity index is 1.55. The van der Waals surface area contributed by atoms with Crippen molar-refractivity contribution >= 4 is 38.2 Å². The lowest BCUT2D eigenvalue weighted by atomic mass is 10.0. The number of ketones is 1. The predicted octanol–water partition coefficient (Wildman–Crippen LogP) is 3.48. The van der Waals surface area contributed by atoms with Gasteiger partial charge in [0, 0.05) is 24.6 Å². The van der Waals surface area contributed by atoms with E-state index in [1.54, 1.807) is 12.1 Å². The second-order valence-electron chi connectivity index (χ2n) is 7.51. The molecule has 4 rings (SSSR count). The standard InChI is InChI=1S/C20H23N3O4S2/c1-13-6-2-3-11-23(13)29(26,27)15-8-4-7-14(12-15)19(25)22-20-21-16-9-5-10-17(24)18(16)28-20/h4,7-8,12-13H,2-3,5-6,9-11H2,1H3,(H,21,22,25). The van der Waals surface area contributed by atoms with Crippen molar-refractivity contribution in [2.45, 2.75) is 56.4 Å². The van der Waals surface area contributed by atoms with Crippen LogP contribution in [0.25, 0.3) is 0 Å². The maximum atomic E-state index is 13.0. The van der Waals surface area contributed by atoms with Gasteiger partial charge < -0.3 is 0 Å². The molecule has 1 aliphatic heterocycles. The van der Waals surface area contributed by atoms with Crippen LogP contribution in [0, 0.1) is 0 Å². The Morgan fingerprint density at radius 1 is 1.24 bits per heavy atom. The average molecular weight is 434 g/mol. The third kappa shape index (κ3) is 3.99. The van der Waals surface area contributed by atoms with Gasteiger partial charge in [0.25, 0.3) is 5.91 Å². The van der Waals surface area contributed by atoms with Gasteiger partial charge in [-0.3, -0.25) is 14.9 Å². The van der Waals surface area contributed by atoms with Crippen molar-refractivity contribution in [2.24, 2.45) is 0 Å². The molecule has 0 spiro atoms. The molecule has 1 aliphatic carbocycles. The van der Waals surface area contributed by atoms with Gasteiger partial charge in [0.05, 0.1) is 15.5 Å². The van der Waals surface area contributed by atoms with Gasteiger partial charge in [0.15, 0.2) is 10.9 Å². The van der Waals surface area contributed by atoms with Crippen LogP contribution >= 0.6 is 11.3 Å². The van der Waals surface area contributed by atoms with Gasteiger partial charge in [0.2, 0.25) is 10.0 Å². The van der Waals surface area contributed by atoms with Crippen LogP contribution in [0.2, 0.25) is 0 Å². The first-order chi connectivity index (χ1) is 13.9. The van der Waals surface area contributed by atoms with E-state index < -0.39 is 15.9 Å². The van der Waals surface area contributed by atoms with Crippen LogP contribution in [0.15, 0.2) is 29.2 Å². The van der Waals surface area contributed by atoms with Crippen molar-refractivity contribution < 1.29 is 18.0 Å². The topological polar surface area (TPSA) is 96.4 Å². The lowest BCUT2D eigenvalue weighted by Crippen LogP contribution is -2.41. The third-order valence-electron chi connectivity index (χ3n) is 5.43. The van der Waals surface area contributed by atoms with Gasteiger partial charge in [-0.2, -0.15) is 4.31 Å². The molecule has 1 atom stereocenters. The number of carbonyl (C=O) groups is 2. The highest BCUT2D eigenvalue weighted by molar-refractivity contribution is 7.89. The monoisotopic (exact) mass is 433 g/mol. The van der Waals surface area contributed by atoms with Gasteiger partial charge in [-0.05, 0) is 50.8 Å². The first-order valence-corrected chi connectivity index (χ1v) is 12.1. The number of fused-ring (bicyclic) bond motifs is 1. The number of anilines is 1. The summed E-state index contributed by atoms with van der Waals surface area (Å²) in [5, 5.41) is 3.08. The number of nitrogens with zero attached hydrogens (tertiary/aromatic N) is 2. The van der Waals surface area contributed by atoms with Crippen LogP contribution in [-0.2, 0) is 16.4 Å². The summed E-state index contributed by atoms with van der Waals surface area (Å²) in [5.41, 5.74) is 0.979. The number of rotatable bonds is 4. The highest BCUT2D eigenvalue weighted by Gasteiger charge is 2.31. The Labute approximate surface area is 174 Å². The average Bonchev–Trinajstić information content (AvgIpc) is 3.12. The van der Waals surface area contributed by atoms with Crippen molar-refractivity contribution in [2.75, 3.05) is 11.9 Å². The maximum absolute atomic E-state index is 13.0. The van der Waals surface area contributed by atoms with E-state index >= 15 is 0 Å². The molecule has 2 aliphatic rings. The summed E-state index contributed by atoms with van der Waals surface area (Å²) in [6.45, 7) is 2.41. The van der Waals surface area contributed by atoms with Crippen LogP contribution in [-0.4, -0.2) is 42.0 Å². The molecule has 1 aromatic heterocycles. The van der Waals surface area contributed by atoms with Crippen LogP contribution in [0.4, 0.5) is 5.13 Å². The van der Waals surface area contributed by atoms with Crippen LogP contribution < -0.4 is 5.32 Å². The zero-order valence-corrected chi connectivity index (χ0v) is 17.8. The number of benzene rings is 1. The van der Waals surface area contributed by atoms with E-state index in [2.05, 4.69) is 10.3 Å². The summed E-state index contributed by atoms with van der Waals surface area (Å²) in [7, 11) is -3.65. The summed E-state index contributed by atoms with van der Waals surface area (Å²) in [5.74, 6) is -0.375. The quantitative estimate of drug-likeness (QED) is 0.796. The highest BCUT2D eigenvalue weighted by Crippen LogP contribution is 2.30. The Bertz CT molecular complexity index is 1060. The fourth-order valence-corrected chi connectivity index (χ4v) is 6.57. The Hall–Kier alpha value is -2.10. The van der Waals surface area contributed by atoms with E-state index in [4.69, 9.17) is 0 Å². The van der Waals surface area contributed by atoms with Gasteiger partial charge in [-0.25, -0.2) is 13.4 Å². The number of carbonyl (C=O) groups excluding carboxylic acids is 2. The second kappa shape index (κ2) is 7.97. The molecule has 0 radical (unpaired) electrons. The number of hydrogen-bond donors (Lipinski definition) is 1.